The Hall–Kier alpha value is -1.18. The molecule has 0 aliphatic rings. The lowest BCUT2D eigenvalue weighted by Crippen LogP contribution is -1.86. The van der Waals surface area contributed by atoms with Gasteiger partial charge in [-0.25, -0.2) is 9.78 Å². The standard InChI is InChI=1S/C11H10N2O2S3/c1-7-12-11(18-13-7)17-6-9-8(4-5-16-9)2-3-10(14)15/h2-5H,6H2,1H3,(H,14,15). The average Bonchev–Trinajstić information content (AvgIpc) is 2.92. The predicted octanol–water partition coefficient (Wildman–Crippen LogP) is 3.30. The largest absolute Gasteiger partial charge is 0.478 e. The molecule has 1 N–H and O–H groups in total. The van der Waals surface area contributed by atoms with Gasteiger partial charge in [0.15, 0.2) is 4.34 Å². The van der Waals surface area contributed by atoms with Crippen LogP contribution in [0, 0.1) is 6.92 Å². The van der Waals surface area contributed by atoms with E-state index in [-0.39, 0.29) is 0 Å². The second-order valence-corrected chi connectivity index (χ2v) is 6.34. The van der Waals surface area contributed by atoms with E-state index in [4.69, 9.17) is 5.11 Å². The van der Waals surface area contributed by atoms with Crippen molar-refractivity contribution in [3.05, 3.63) is 33.8 Å². The molecule has 0 aliphatic heterocycles. The van der Waals surface area contributed by atoms with Gasteiger partial charge in [0.1, 0.15) is 5.82 Å². The van der Waals surface area contributed by atoms with Crippen LogP contribution in [0.15, 0.2) is 21.9 Å². The Bertz CT molecular complexity index is 574. The number of carboxylic acids is 1. The van der Waals surface area contributed by atoms with Crippen molar-refractivity contribution in [1.82, 2.24) is 9.36 Å². The molecule has 2 aromatic rings. The molecule has 0 bridgehead atoms. The van der Waals surface area contributed by atoms with Crippen molar-refractivity contribution in [3.63, 3.8) is 0 Å². The average molecular weight is 298 g/mol. The number of thioether (sulfide) groups is 1. The molecule has 0 radical (unpaired) electrons. The van der Waals surface area contributed by atoms with Crippen LogP contribution in [0.5, 0.6) is 0 Å². The lowest BCUT2D eigenvalue weighted by atomic mass is 10.2. The quantitative estimate of drug-likeness (QED) is 0.678. The molecular formula is C11H10N2O2S3. The van der Waals surface area contributed by atoms with Crippen LogP contribution in [-0.4, -0.2) is 20.4 Å². The number of hydrogen-bond acceptors (Lipinski definition) is 6. The lowest BCUT2D eigenvalue weighted by Gasteiger charge is -1.96. The van der Waals surface area contributed by atoms with Crippen LogP contribution < -0.4 is 0 Å². The summed E-state index contributed by atoms with van der Waals surface area (Å²) in [5.74, 6) is 0.644. The molecule has 18 heavy (non-hydrogen) atoms. The maximum atomic E-state index is 10.5. The molecule has 0 fully saturated rings. The predicted molar refractivity (Wildman–Crippen MR) is 75.2 cm³/mol. The number of hydrogen-bond donors (Lipinski definition) is 1. The van der Waals surface area contributed by atoms with Crippen molar-refractivity contribution in [2.75, 3.05) is 0 Å². The minimum atomic E-state index is -0.931. The minimum absolute atomic E-state index is 0.783. The molecule has 0 spiro atoms. The van der Waals surface area contributed by atoms with E-state index in [2.05, 4.69) is 9.36 Å². The lowest BCUT2D eigenvalue weighted by molar-refractivity contribution is -0.131. The first-order chi connectivity index (χ1) is 8.65. The molecule has 0 unspecified atom stereocenters. The van der Waals surface area contributed by atoms with Crippen molar-refractivity contribution < 1.29 is 9.90 Å². The number of carbonyl (C=O) groups is 1. The van der Waals surface area contributed by atoms with E-state index in [0.717, 1.165) is 32.4 Å². The summed E-state index contributed by atoms with van der Waals surface area (Å²) in [6, 6.07) is 1.92. The van der Waals surface area contributed by atoms with E-state index in [1.807, 2.05) is 18.4 Å². The molecule has 0 saturated heterocycles. The zero-order valence-corrected chi connectivity index (χ0v) is 11.9. The summed E-state index contributed by atoms with van der Waals surface area (Å²) >= 11 is 4.63. The van der Waals surface area contributed by atoms with Gasteiger partial charge in [-0.15, -0.1) is 11.3 Å². The molecule has 0 atom stereocenters. The van der Waals surface area contributed by atoms with E-state index < -0.39 is 5.97 Å². The first-order valence-corrected chi connectivity index (χ1v) is 7.69. The molecule has 2 rings (SSSR count). The van der Waals surface area contributed by atoms with Gasteiger partial charge in [0.2, 0.25) is 0 Å². The highest BCUT2D eigenvalue weighted by Gasteiger charge is 2.06. The molecule has 4 nitrogen and oxygen atoms in total. The van der Waals surface area contributed by atoms with Gasteiger partial charge in [-0.2, -0.15) is 4.37 Å². The third-order valence-corrected chi connectivity index (χ3v) is 5.09. The molecule has 94 valence electrons. The Labute approximate surface area is 117 Å². The van der Waals surface area contributed by atoms with Gasteiger partial charge in [-0.05, 0) is 41.5 Å². The van der Waals surface area contributed by atoms with E-state index in [1.54, 1.807) is 29.2 Å². The summed E-state index contributed by atoms with van der Waals surface area (Å²) in [4.78, 5) is 15.9. The Kier molecular flexibility index (Phi) is 4.51. The summed E-state index contributed by atoms with van der Waals surface area (Å²) in [5, 5.41) is 10.6. The second-order valence-electron chi connectivity index (χ2n) is 3.37. The molecule has 0 aromatic carbocycles. The third kappa shape index (κ3) is 3.66. The number of aryl methyl sites for hydroxylation is 1. The molecule has 2 heterocycles. The van der Waals surface area contributed by atoms with Crippen LogP contribution in [0.1, 0.15) is 16.3 Å². The first kappa shape index (κ1) is 13.3. The Morgan fingerprint density at radius 1 is 1.61 bits per heavy atom. The zero-order chi connectivity index (χ0) is 13.0. The highest BCUT2D eigenvalue weighted by atomic mass is 32.2. The van der Waals surface area contributed by atoms with Crippen LogP contribution >= 0.6 is 34.6 Å². The van der Waals surface area contributed by atoms with Crippen LogP contribution in [-0.2, 0) is 10.5 Å². The van der Waals surface area contributed by atoms with Gasteiger partial charge in [0.05, 0.1) is 0 Å². The fourth-order valence-corrected chi connectivity index (χ4v) is 3.88. The highest BCUT2D eigenvalue weighted by molar-refractivity contribution is 8.00. The Morgan fingerprint density at radius 3 is 3.11 bits per heavy atom. The van der Waals surface area contributed by atoms with E-state index >= 15 is 0 Å². The van der Waals surface area contributed by atoms with Crippen molar-refractivity contribution in [3.8, 4) is 0 Å². The van der Waals surface area contributed by atoms with Gasteiger partial charge >= 0.3 is 5.97 Å². The number of carboxylic acid groups (broad SMARTS) is 1. The fraction of sp³-hybridized carbons (Fsp3) is 0.182. The molecule has 7 heteroatoms. The Balaban J connectivity index is 2.01. The SMILES string of the molecule is Cc1nsc(SCc2sccc2C=CC(=O)O)n1. The van der Waals surface area contributed by atoms with Crippen LogP contribution in [0.4, 0.5) is 0 Å². The van der Waals surface area contributed by atoms with Crippen LogP contribution in [0.3, 0.4) is 0 Å². The number of aromatic nitrogens is 2. The summed E-state index contributed by atoms with van der Waals surface area (Å²) in [6.45, 7) is 1.87. The number of rotatable bonds is 5. The zero-order valence-electron chi connectivity index (χ0n) is 9.49. The van der Waals surface area contributed by atoms with Gasteiger partial charge in [0, 0.05) is 16.7 Å². The smallest absolute Gasteiger partial charge is 0.328 e. The fourth-order valence-electron chi connectivity index (χ4n) is 1.24. The maximum absolute atomic E-state index is 10.5. The van der Waals surface area contributed by atoms with E-state index in [0.29, 0.717) is 0 Å². The van der Waals surface area contributed by atoms with Gasteiger partial charge in [-0.1, -0.05) is 11.8 Å². The van der Waals surface area contributed by atoms with Crippen LogP contribution in [0.2, 0.25) is 0 Å². The van der Waals surface area contributed by atoms with Crippen molar-refractivity contribution in [2.45, 2.75) is 17.0 Å². The summed E-state index contributed by atoms with van der Waals surface area (Å²) < 4.78 is 5.06. The topological polar surface area (TPSA) is 63.1 Å². The molecule has 0 saturated carbocycles. The number of aliphatic carboxylic acids is 1. The van der Waals surface area contributed by atoms with Gasteiger partial charge < -0.3 is 5.11 Å². The van der Waals surface area contributed by atoms with Gasteiger partial charge in [-0.3, -0.25) is 0 Å². The van der Waals surface area contributed by atoms with Crippen molar-refractivity contribution in [1.29, 1.82) is 0 Å². The minimum Gasteiger partial charge on any atom is -0.478 e. The van der Waals surface area contributed by atoms with E-state index in [1.165, 1.54) is 11.5 Å². The number of thiophene rings is 1. The third-order valence-electron chi connectivity index (χ3n) is 2.02. The molecule has 2 aromatic heterocycles. The second kappa shape index (κ2) is 6.12. The van der Waals surface area contributed by atoms with Gasteiger partial charge in [0.25, 0.3) is 0 Å². The summed E-state index contributed by atoms with van der Waals surface area (Å²) in [6.07, 6.45) is 2.78. The molecule has 0 aliphatic carbocycles. The summed E-state index contributed by atoms with van der Waals surface area (Å²) in [7, 11) is 0. The number of nitrogens with zero attached hydrogens (tertiary/aromatic N) is 2. The summed E-state index contributed by atoms with van der Waals surface area (Å²) in [5.41, 5.74) is 0.955. The normalized spacial score (nSPS) is 11.2. The Morgan fingerprint density at radius 2 is 2.44 bits per heavy atom. The monoisotopic (exact) mass is 298 g/mol. The van der Waals surface area contributed by atoms with Crippen LogP contribution in [0.25, 0.3) is 6.08 Å². The van der Waals surface area contributed by atoms with Crippen molar-refractivity contribution in [2.24, 2.45) is 0 Å². The molecule has 0 amide bonds. The first-order valence-electron chi connectivity index (χ1n) is 5.05. The molecular weight excluding hydrogens is 288 g/mol. The maximum Gasteiger partial charge on any atom is 0.328 e. The van der Waals surface area contributed by atoms with Crippen molar-refractivity contribution >= 4 is 46.7 Å². The van der Waals surface area contributed by atoms with E-state index in [9.17, 15) is 4.79 Å². The highest BCUT2D eigenvalue weighted by Crippen LogP contribution is 2.29.